The molecular weight excluding hydrogens is 132 g/mol. The summed E-state index contributed by atoms with van der Waals surface area (Å²) < 4.78 is 3.91. The van der Waals surface area contributed by atoms with Crippen molar-refractivity contribution in [2.75, 3.05) is 0 Å². The molecule has 0 aliphatic rings. The fourth-order valence-corrected chi connectivity index (χ4v) is 0.274. The van der Waals surface area contributed by atoms with E-state index in [-0.39, 0.29) is 0 Å². The van der Waals surface area contributed by atoms with Crippen LogP contribution in [0.5, 0.6) is 0 Å². The van der Waals surface area contributed by atoms with Crippen molar-refractivity contribution in [3.63, 3.8) is 0 Å². The highest BCUT2D eigenvalue weighted by Crippen LogP contribution is 1.84. The second kappa shape index (κ2) is 4.08. The van der Waals surface area contributed by atoms with Crippen LogP contribution in [0.15, 0.2) is 11.5 Å². The van der Waals surface area contributed by atoms with E-state index in [1.54, 1.807) is 0 Å². The highest BCUT2D eigenvalue weighted by molar-refractivity contribution is 7.83. The first-order valence-electron chi connectivity index (χ1n) is 1.47. The lowest BCUT2D eigenvalue weighted by atomic mass is 10.7. The summed E-state index contributed by atoms with van der Waals surface area (Å²) in [6, 6.07) is 0. The number of carbonyl (C=O) groups is 1. The van der Waals surface area contributed by atoms with Crippen molar-refractivity contribution in [1.82, 2.24) is 0 Å². The van der Waals surface area contributed by atoms with Crippen LogP contribution in [0, 0.1) is 0 Å². The van der Waals surface area contributed by atoms with E-state index in [0.29, 0.717) is 0 Å². The van der Waals surface area contributed by atoms with Crippen LogP contribution in [0.3, 0.4) is 0 Å². The minimum absolute atomic E-state index is 0.515. The first-order valence-corrected chi connectivity index (χ1v) is 2.35. The van der Waals surface area contributed by atoms with E-state index < -0.39 is 5.97 Å². The van der Waals surface area contributed by atoms with E-state index in [4.69, 9.17) is 0 Å². The van der Waals surface area contributed by atoms with Crippen LogP contribution < -0.4 is 0 Å². The molecule has 0 radical (unpaired) electrons. The molecule has 40 valence electrons. The van der Waals surface area contributed by atoms with Crippen LogP contribution in [0.25, 0.3) is 0 Å². The van der Waals surface area contributed by atoms with Gasteiger partial charge in [-0.3, -0.25) is 0 Å². The number of carbonyl (C=O) groups excluding carboxylic acids is 1. The van der Waals surface area contributed by atoms with E-state index in [9.17, 15) is 4.79 Å². The molecule has 0 aromatic heterocycles. The summed E-state index contributed by atoms with van der Waals surface area (Å²) in [5.74, 6) is -0.515. The second-order valence-corrected chi connectivity index (χ2v) is 1.21. The maximum Gasteiger partial charge on any atom is 0.343 e. The SMILES string of the molecule is O=C(/C=C/S)OS. The Kier molecular flexibility index (Phi) is 4.03. The molecule has 0 aromatic carbocycles. The highest BCUT2D eigenvalue weighted by atomic mass is 32.1. The first-order chi connectivity index (χ1) is 3.31. The number of rotatable bonds is 1. The predicted molar refractivity (Wildman–Crippen MR) is 33.2 cm³/mol. The molecule has 0 atom stereocenters. The van der Waals surface area contributed by atoms with Gasteiger partial charge in [0.1, 0.15) is 0 Å². The van der Waals surface area contributed by atoms with Crippen LogP contribution in [0.1, 0.15) is 0 Å². The zero-order valence-electron chi connectivity index (χ0n) is 3.37. The predicted octanol–water partition coefficient (Wildman–Crippen LogP) is 0.818. The van der Waals surface area contributed by atoms with Gasteiger partial charge in [-0.15, -0.1) is 0 Å². The minimum atomic E-state index is -0.515. The van der Waals surface area contributed by atoms with Crippen molar-refractivity contribution in [2.24, 2.45) is 0 Å². The Labute approximate surface area is 52.6 Å². The molecule has 0 aliphatic heterocycles. The van der Waals surface area contributed by atoms with E-state index in [1.165, 1.54) is 5.41 Å². The molecule has 0 heterocycles. The van der Waals surface area contributed by atoms with Gasteiger partial charge in [-0.1, -0.05) is 0 Å². The molecule has 0 spiro atoms. The summed E-state index contributed by atoms with van der Waals surface area (Å²) in [5.41, 5.74) is 0. The van der Waals surface area contributed by atoms with Gasteiger partial charge in [0.05, 0.1) is 0 Å². The fourth-order valence-electron chi connectivity index (χ4n) is 0.0913. The van der Waals surface area contributed by atoms with Gasteiger partial charge in [0, 0.05) is 19.0 Å². The average Bonchev–Trinajstić information content (AvgIpc) is 1.68. The van der Waals surface area contributed by atoms with Crippen molar-refractivity contribution < 1.29 is 8.98 Å². The lowest BCUT2D eigenvalue weighted by molar-refractivity contribution is -0.127. The Hall–Kier alpha value is -0.0900. The molecule has 7 heavy (non-hydrogen) atoms. The van der Waals surface area contributed by atoms with Crippen LogP contribution in [0.2, 0.25) is 0 Å². The molecule has 0 rings (SSSR count). The quantitative estimate of drug-likeness (QED) is 0.317. The Morgan fingerprint density at radius 2 is 2.29 bits per heavy atom. The van der Waals surface area contributed by atoms with Crippen molar-refractivity contribution in [3.05, 3.63) is 11.5 Å². The molecule has 0 N–H and O–H groups in total. The molecule has 0 amide bonds. The molecular formula is C3H4O2S2. The fraction of sp³-hybridized carbons (Fsp3) is 0. The van der Waals surface area contributed by atoms with Crippen molar-refractivity contribution in [3.8, 4) is 0 Å². The average molecular weight is 136 g/mol. The normalized spacial score (nSPS) is 9.43. The molecule has 2 nitrogen and oxygen atoms in total. The summed E-state index contributed by atoms with van der Waals surface area (Å²) in [4.78, 5) is 9.98. The van der Waals surface area contributed by atoms with Gasteiger partial charge in [0.2, 0.25) is 0 Å². The third-order valence-electron chi connectivity index (χ3n) is 0.301. The summed E-state index contributed by atoms with van der Waals surface area (Å²) >= 11 is 6.81. The molecule has 0 saturated carbocycles. The third kappa shape index (κ3) is 3.75. The smallest absolute Gasteiger partial charge is 0.343 e. The zero-order chi connectivity index (χ0) is 5.70. The van der Waals surface area contributed by atoms with Gasteiger partial charge in [-0.2, -0.15) is 12.6 Å². The van der Waals surface area contributed by atoms with Crippen molar-refractivity contribution >= 4 is 31.5 Å². The van der Waals surface area contributed by atoms with Crippen molar-refractivity contribution in [2.45, 2.75) is 0 Å². The van der Waals surface area contributed by atoms with E-state index in [0.717, 1.165) is 6.08 Å². The Morgan fingerprint density at radius 1 is 1.71 bits per heavy atom. The summed E-state index contributed by atoms with van der Waals surface area (Å²) in [7, 11) is 0. The van der Waals surface area contributed by atoms with Gasteiger partial charge in [-0.05, 0) is 5.41 Å². The molecule has 0 unspecified atom stereocenters. The first kappa shape index (κ1) is 6.91. The molecule has 0 bridgehead atoms. The molecule has 0 aromatic rings. The van der Waals surface area contributed by atoms with Gasteiger partial charge in [0.15, 0.2) is 0 Å². The molecule has 0 fully saturated rings. The topological polar surface area (TPSA) is 26.3 Å². The summed E-state index contributed by atoms with van der Waals surface area (Å²) in [6.07, 6.45) is 1.15. The van der Waals surface area contributed by atoms with E-state index in [1.807, 2.05) is 0 Å². The highest BCUT2D eigenvalue weighted by Gasteiger charge is 1.86. The number of thiol groups is 2. The maximum absolute atomic E-state index is 9.98. The Balaban J connectivity index is 3.37. The van der Waals surface area contributed by atoms with E-state index in [2.05, 4.69) is 29.7 Å². The summed E-state index contributed by atoms with van der Waals surface area (Å²) in [6.45, 7) is 0. The number of hydrogen-bond donors (Lipinski definition) is 2. The van der Waals surface area contributed by atoms with Crippen LogP contribution in [-0.4, -0.2) is 5.97 Å². The van der Waals surface area contributed by atoms with Gasteiger partial charge >= 0.3 is 5.97 Å². The van der Waals surface area contributed by atoms with Gasteiger partial charge < -0.3 is 4.18 Å². The number of hydrogen-bond acceptors (Lipinski definition) is 4. The molecule has 4 heteroatoms. The van der Waals surface area contributed by atoms with Crippen LogP contribution in [-0.2, 0) is 8.98 Å². The summed E-state index contributed by atoms with van der Waals surface area (Å²) in [5, 5.41) is 1.28. The zero-order valence-corrected chi connectivity index (χ0v) is 5.15. The maximum atomic E-state index is 9.98. The molecule has 0 aliphatic carbocycles. The largest absolute Gasteiger partial charge is 0.391 e. The van der Waals surface area contributed by atoms with E-state index >= 15 is 0 Å². The monoisotopic (exact) mass is 136 g/mol. The Bertz CT molecular complexity index is 88.9. The third-order valence-corrected chi connectivity index (χ3v) is 0.630. The second-order valence-electron chi connectivity index (χ2n) is 0.726. The molecule has 0 saturated heterocycles. The van der Waals surface area contributed by atoms with Gasteiger partial charge in [0.25, 0.3) is 0 Å². The lowest BCUT2D eigenvalue weighted by Gasteiger charge is -1.81. The van der Waals surface area contributed by atoms with Gasteiger partial charge in [-0.25, -0.2) is 4.79 Å². The Morgan fingerprint density at radius 3 is 2.43 bits per heavy atom. The van der Waals surface area contributed by atoms with Crippen LogP contribution in [0.4, 0.5) is 0 Å². The minimum Gasteiger partial charge on any atom is -0.391 e. The lowest BCUT2D eigenvalue weighted by Crippen LogP contribution is -1.87. The van der Waals surface area contributed by atoms with Crippen molar-refractivity contribution in [1.29, 1.82) is 0 Å². The van der Waals surface area contributed by atoms with Crippen LogP contribution >= 0.6 is 25.5 Å². The standard InChI is InChI=1S/C3H4O2S2/c4-3(5-7)1-2-6/h1-2,6-7H/b2-1+.